The van der Waals surface area contributed by atoms with E-state index in [1.54, 1.807) is 18.2 Å². The number of phenolic OH excluding ortho intramolecular Hbond substituents is 1. The number of aromatic nitrogens is 2. The largest absolute Gasteiger partial charge is 0.508 e. The second-order valence-corrected chi connectivity index (χ2v) is 5.08. The van der Waals surface area contributed by atoms with Crippen molar-refractivity contribution >= 4 is 17.3 Å². The van der Waals surface area contributed by atoms with Gasteiger partial charge in [0.2, 0.25) is 0 Å². The quantitative estimate of drug-likeness (QED) is 0.909. The van der Waals surface area contributed by atoms with E-state index in [4.69, 9.17) is 11.6 Å². The predicted octanol–water partition coefficient (Wildman–Crippen LogP) is 2.80. The number of aromatic hydroxyl groups is 1. The Bertz CT molecular complexity index is 668. The first-order chi connectivity index (χ1) is 9.50. The SMILES string of the molecule is CC(C)n1ncc(NCc2ccccc2O)c(Cl)c1=O. The topological polar surface area (TPSA) is 67.2 Å². The summed E-state index contributed by atoms with van der Waals surface area (Å²) in [5, 5.41) is 16.9. The molecule has 2 aromatic rings. The number of para-hydroxylation sites is 1. The standard InChI is InChI=1S/C14H16ClN3O2/c1-9(2)18-14(20)13(15)11(8-17-18)16-7-10-5-3-4-6-12(10)19/h3-6,8-9,16,19H,7H2,1-2H3. The van der Waals surface area contributed by atoms with Gasteiger partial charge in [0.15, 0.2) is 0 Å². The number of nitrogens with zero attached hydrogens (tertiary/aromatic N) is 2. The smallest absolute Gasteiger partial charge is 0.287 e. The Kier molecular flexibility index (Phi) is 4.29. The molecule has 0 fully saturated rings. The maximum atomic E-state index is 12.0. The van der Waals surface area contributed by atoms with Gasteiger partial charge in [0.1, 0.15) is 10.8 Å². The van der Waals surface area contributed by atoms with E-state index in [2.05, 4.69) is 10.4 Å². The first kappa shape index (κ1) is 14.4. The van der Waals surface area contributed by atoms with Crippen LogP contribution in [0.3, 0.4) is 0 Å². The Labute approximate surface area is 121 Å². The van der Waals surface area contributed by atoms with Crippen LogP contribution in [0, 0.1) is 0 Å². The molecule has 106 valence electrons. The van der Waals surface area contributed by atoms with Gasteiger partial charge in [-0.2, -0.15) is 5.10 Å². The van der Waals surface area contributed by atoms with Crippen LogP contribution < -0.4 is 10.9 Å². The molecule has 0 aliphatic heterocycles. The summed E-state index contributed by atoms with van der Waals surface area (Å²) >= 11 is 6.05. The van der Waals surface area contributed by atoms with E-state index >= 15 is 0 Å². The van der Waals surface area contributed by atoms with Crippen molar-refractivity contribution < 1.29 is 5.11 Å². The van der Waals surface area contributed by atoms with Crippen LogP contribution in [0.1, 0.15) is 25.5 Å². The van der Waals surface area contributed by atoms with Crippen LogP contribution in [0.4, 0.5) is 5.69 Å². The van der Waals surface area contributed by atoms with Crippen molar-refractivity contribution in [2.75, 3.05) is 5.32 Å². The highest BCUT2D eigenvalue weighted by Gasteiger charge is 2.11. The minimum Gasteiger partial charge on any atom is -0.508 e. The third-order valence-electron chi connectivity index (χ3n) is 2.89. The Hall–Kier alpha value is -2.01. The molecule has 0 aliphatic rings. The van der Waals surface area contributed by atoms with Gasteiger partial charge in [-0.25, -0.2) is 4.68 Å². The van der Waals surface area contributed by atoms with Crippen molar-refractivity contribution in [3.8, 4) is 5.75 Å². The number of halogens is 1. The van der Waals surface area contributed by atoms with Crippen LogP contribution >= 0.6 is 11.6 Å². The van der Waals surface area contributed by atoms with Crippen LogP contribution in [0.25, 0.3) is 0 Å². The fourth-order valence-corrected chi connectivity index (χ4v) is 1.99. The first-order valence-corrected chi connectivity index (χ1v) is 6.66. The van der Waals surface area contributed by atoms with Crippen molar-refractivity contribution in [1.29, 1.82) is 0 Å². The fourth-order valence-electron chi connectivity index (χ4n) is 1.79. The molecule has 0 saturated carbocycles. The Morgan fingerprint density at radius 3 is 2.75 bits per heavy atom. The molecule has 1 aromatic carbocycles. The minimum atomic E-state index is -0.330. The van der Waals surface area contributed by atoms with Gasteiger partial charge in [-0.1, -0.05) is 29.8 Å². The van der Waals surface area contributed by atoms with Gasteiger partial charge in [-0.3, -0.25) is 4.79 Å². The summed E-state index contributed by atoms with van der Waals surface area (Å²) < 4.78 is 1.33. The molecule has 2 N–H and O–H groups in total. The highest BCUT2D eigenvalue weighted by Crippen LogP contribution is 2.20. The van der Waals surface area contributed by atoms with Gasteiger partial charge >= 0.3 is 0 Å². The van der Waals surface area contributed by atoms with E-state index in [0.717, 1.165) is 5.56 Å². The molecule has 0 unspecified atom stereocenters. The van der Waals surface area contributed by atoms with E-state index < -0.39 is 0 Å². The van der Waals surface area contributed by atoms with Gasteiger partial charge in [0.25, 0.3) is 5.56 Å². The lowest BCUT2D eigenvalue weighted by molar-refractivity contribution is 0.469. The average molecular weight is 294 g/mol. The van der Waals surface area contributed by atoms with Gasteiger partial charge in [-0.15, -0.1) is 0 Å². The molecule has 5 nitrogen and oxygen atoms in total. The summed E-state index contributed by atoms with van der Waals surface area (Å²) in [5.41, 5.74) is 0.845. The number of benzene rings is 1. The molecular formula is C14H16ClN3O2. The van der Waals surface area contributed by atoms with E-state index in [-0.39, 0.29) is 22.4 Å². The summed E-state index contributed by atoms with van der Waals surface area (Å²) in [5.74, 6) is 0.194. The molecular weight excluding hydrogens is 278 g/mol. The molecule has 1 aromatic heterocycles. The van der Waals surface area contributed by atoms with E-state index in [9.17, 15) is 9.90 Å². The molecule has 0 saturated heterocycles. The summed E-state index contributed by atoms with van der Waals surface area (Å²) in [6.45, 7) is 4.08. The van der Waals surface area contributed by atoms with Crippen LogP contribution in [0.15, 0.2) is 35.3 Å². The maximum absolute atomic E-state index is 12.0. The number of anilines is 1. The lowest BCUT2D eigenvalue weighted by Gasteiger charge is -2.12. The van der Waals surface area contributed by atoms with Crippen molar-refractivity contribution in [1.82, 2.24) is 9.78 Å². The zero-order valence-electron chi connectivity index (χ0n) is 11.3. The summed E-state index contributed by atoms with van der Waals surface area (Å²) in [7, 11) is 0. The third-order valence-corrected chi connectivity index (χ3v) is 3.26. The van der Waals surface area contributed by atoms with E-state index in [1.807, 2.05) is 19.9 Å². The average Bonchev–Trinajstić information content (AvgIpc) is 2.41. The highest BCUT2D eigenvalue weighted by atomic mass is 35.5. The van der Waals surface area contributed by atoms with Crippen LogP contribution in [0.2, 0.25) is 5.02 Å². The molecule has 0 bridgehead atoms. The highest BCUT2D eigenvalue weighted by molar-refractivity contribution is 6.32. The number of phenols is 1. The predicted molar refractivity (Wildman–Crippen MR) is 79.3 cm³/mol. The third kappa shape index (κ3) is 2.93. The van der Waals surface area contributed by atoms with Crippen LogP contribution in [0.5, 0.6) is 5.75 Å². The number of hydrogen-bond donors (Lipinski definition) is 2. The molecule has 6 heteroatoms. The van der Waals surface area contributed by atoms with Crippen molar-refractivity contribution in [3.05, 3.63) is 51.4 Å². The monoisotopic (exact) mass is 293 g/mol. The van der Waals surface area contributed by atoms with Crippen LogP contribution in [-0.2, 0) is 6.54 Å². The Morgan fingerprint density at radius 2 is 2.10 bits per heavy atom. The molecule has 0 amide bonds. The molecule has 0 radical (unpaired) electrons. The number of nitrogens with one attached hydrogen (secondary N) is 1. The van der Waals surface area contributed by atoms with Gasteiger partial charge in [-0.05, 0) is 19.9 Å². The van der Waals surface area contributed by atoms with Gasteiger partial charge in [0.05, 0.1) is 17.9 Å². The second-order valence-electron chi connectivity index (χ2n) is 4.70. The molecule has 2 rings (SSSR count). The normalized spacial score (nSPS) is 10.8. The zero-order valence-corrected chi connectivity index (χ0v) is 12.1. The number of hydrogen-bond acceptors (Lipinski definition) is 4. The van der Waals surface area contributed by atoms with Crippen molar-refractivity contribution in [2.24, 2.45) is 0 Å². The van der Waals surface area contributed by atoms with Gasteiger partial charge < -0.3 is 10.4 Å². The molecule has 0 spiro atoms. The lowest BCUT2D eigenvalue weighted by atomic mass is 10.2. The number of rotatable bonds is 4. The summed E-state index contributed by atoms with van der Waals surface area (Å²) in [4.78, 5) is 12.0. The molecule has 1 heterocycles. The minimum absolute atomic E-state index is 0.0489. The van der Waals surface area contributed by atoms with Crippen molar-refractivity contribution in [3.63, 3.8) is 0 Å². The van der Waals surface area contributed by atoms with E-state index in [1.165, 1.54) is 10.9 Å². The summed E-state index contributed by atoms with van der Waals surface area (Å²) in [6.07, 6.45) is 1.52. The lowest BCUT2D eigenvalue weighted by Crippen LogP contribution is -2.25. The van der Waals surface area contributed by atoms with Gasteiger partial charge in [0, 0.05) is 12.1 Å². The fraction of sp³-hybridized carbons (Fsp3) is 0.286. The van der Waals surface area contributed by atoms with Crippen LogP contribution in [-0.4, -0.2) is 14.9 Å². The maximum Gasteiger partial charge on any atom is 0.287 e. The van der Waals surface area contributed by atoms with E-state index in [0.29, 0.717) is 12.2 Å². The Morgan fingerprint density at radius 1 is 1.40 bits per heavy atom. The summed E-state index contributed by atoms with van der Waals surface area (Å²) in [6, 6.07) is 6.92. The second kappa shape index (κ2) is 5.96. The molecule has 0 atom stereocenters. The molecule has 0 aliphatic carbocycles. The van der Waals surface area contributed by atoms with Crippen molar-refractivity contribution in [2.45, 2.75) is 26.4 Å². The Balaban J connectivity index is 2.21. The zero-order chi connectivity index (χ0) is 14.7. The first-order valence-electron chi connectivity index (χ1n) is 6.28. The molecule has 20 heavy (non-hydrogen) atoms.